The number of hydrogen-bond donors (Lipinski definition) is 1. The molecule has 0 aliphatic heterocycles. The molecule has 1 amide bonds. The summed E-state index contributed by atoms with van der Waals surface area (Å²) in [7, 11) is 0. The van der Waals surface area contributed by atoms with Gasteiger partial charge in [0.25, 0.3) is 5.22 Å². The van der Waals surface area contributed by atoms with E-state index in [2.05, 4.69) is 15.5 Å². The summed E-state index contributed by atoms with van der Waals surface area (Å²) in [5.41, 5.74) is 1.84. The van der Waals surface area contributed by atoms with E-state index in [0.717, 1.165) is 11.1 Å². The van der Waals surface area contributed by atoms with Gasteiger partial charge in [0.15, 0.2) is 0 Å². The third-order valence-corrected chi connectivity index (χ3v) is 4.57. The number of halogens is 1. The zero-order valence-electron chi connectivity index (χ0n) is 13.5. The Bertz CT molecular complexity index is 837. The lowest BCUT2D eigenvalue weighted by molar-refractivity contribution is -0.119. The van der Waals surface area contributed by atoms with Gasteiger partial charge in [0, 0.05) is 10.6 Å². The van der Waals surface area contributed by atoms with E-state index in [-0.39, 0.29) is 17.7 Å². The van der Waals surface area contributed by atoms with Gasteiger partial charge in [0.2, 0.25) is 11.8 Å². The molecule has 0 spiro atoms. The van der Waals surface area contributed by atoms with Crippen LogP contribution in [0.3, 0.4) is 0 Å². The number of amides is 1. The highest BCUT2D eigenvalue weighted by atomic mass is 35.5. The minimum absolute atomic E-state index is 0.104. The van der Waals surface area contributed by atoms with Crippen molar-refractivity contribution in [3.63, 3.8) is 0 Å². The molecule has 1 N–H and O–H groups in total. The zero-order chi connectivity index (χ0) is 17.6. The monoisotopic (exact) mass is 373 g/mol. The average molecular weight is 374 g/mol. The molecule has 0 aliphatic rings. The summed E-state index contributed by atoms with van der Waals surface area (Å²) in [6.45, 7) is 1.92. The van der Waals surface area contributed by atoms with Gasteiger partial charge >= 0.3 is 0 Å². The van der Waals surface area contributed by atoms with Crippen molar-refractivity contribution >= 4 is 29.3 Å². The average Bonchev–Trinajstić information content (AvgIpc) is 3.10. The van der Waals surface area contributed by atoms with Crippen molar-refractivity contribution in [2.45, 2.75) is 18.2 Å². The Balaban J connectivity index is 1.52. The van der Waals surface area contributed by atoms with E-state index in [1.165, 1.54) is 11.8 Å². The number of carbonyl (C=O) groups is 1. The predicted octanol–water partition coefficient (Wildman–Crippen LogP) is 4.36. The maximum absolute atomic E-state index is 12.1. The molecule has 0 bridgehead atoms. The smallest absolute Gasteiger partial charge is 0.277 e. The van der Waals surface area contributed by atoms with Crippen molar-refractivity contribution in [1.82, 2.24) is 15.5 Å². The van der Waals surface area contributed by atoms with E-state index < -0.39 is 0 Å². The Hall–Kier alpha value is -2.31. The molecule has 5 nitrogen and oxygen atoms in total. The Morgan fingerprint density at radius 1 is 1.16 bits per heavy atom. The first-order chi connectivity index (χ1) is 12.1. The fraction of sp³-hybridized carbons (Fsp3) is 0.167. The number of hydrogen-bond acceptors (Lipinski definition) is 5. The van der Waals surface area contributed by atoms with Crippen molar-refractivity contribution in [3.8, 4) is 11.5 Å². The van der Waals surface area contributed by atoms with Gasteiger partial charge < -0.3 is 9.73 Å². The van der Waals surface area contributed by atoms with Crippen LogP contribution in [0.4, 0.5) is 0 Å². The summed E-state index contributed by atoms with van der Waals surface area (Å²) in [6.07, 6.45) is 0. The molecule has 7 heteroatoms. The SMILES string of the molecule is CC(NC(=O)CSc1nnc(-c2ccccc2)o1)c1ccc(Cl)cc1. The first-order valence-electron chi connectivity index (χ1n) is 7.68. The molecule has 1 heterocycles. The van der Waals surface area contributed by atoms with Crippen LogP contribution in [-0.2, 0) is 4.79 Å². The van der Waals surface area contributed by atoms with Crippen LogP contribution in [0.5, 0.6) is 0 Å². The number of aromatic nitrogens is 2. The molecular weight excluding hydrogens is 358 g/mol. The maximum Gasteiger partial charge on any atom is 0.277 e. The Morgan fingerprint density at radius 3 is 2.60 bits per heavy atom. The lowest BCUT2D eigenvalue weighted by Gasteiger charge is -2.13. The molecule has 1 aromatic heterocycles. The minimum atomic E-state index is -0.105. The van der Waals surface area contributed by atoms with Gasteiger partial charge in [-0.2, -0.15) is 0 Å². The molecule has 0 saturated heterocycles. The second-order valence-electron chi connectivity index (χ2n) is 5.37. The van der Waals surface area contributed by atoms with Gasteiger partial charge in [-0.05, 0) is 36.8 Å². The first kappa shape index (κ1) is 17.5. The molecule has 0 aliphatic carbocycles. The predicted molar refractivity (Wildman–Crippen MR) is 98.5 cm³/mol. The van der Waals surface area contributed by atoms with Crippen LogP contribution in [0, 0.1) is 0 Å². The van der Waals surface area contributed by atoms with Crippen LogP contribution in [-0.4, -0.2) is 21.9 Å². The van der Waals surface area contributed by atoms with Gasteiger partial charge in [-0.1, -0.05) is 53.7 Å². The van der Waals surface area contributed by atoms with Crippen LogP contribution >= 0.6 is 23.4 Å². The largest absolute Gasteiger partial charge is 0.411 e. The molecule has 2 aromatic carbocycles. The van der Waals surface area contributed by atoms with E-state index in [9.17, 15) is 4.79 Å². The molecule has 0 saturated carbocycles. The molecular formula is C18H16ClN3O2S. The van der Waals surface area contributed by atoms with E-state index in [1.54, 1.807) is 12.1 Å². The summed E-state index contributed by atoms with van der Waals surface area (Å²) in [4.78, 5) is 12.1. The lowest BCUT2D eigenvalue weighted by Crippen LogP contribution is -2.28. The molecule has 128 valence electrons. The third kappa shape index (κ3) is 4.84. The van der Waals surface area contributed by atoms with Crippen LogP contribution < -0.4 is 5.32 Å². The van der Waals surface area contributed by atoms with Crippen LogP contribution in [0.15, 0.2) is 64.2 Å². The highest BCUT2D eigenvalue weighted by Gasteiger charge is 2.13. The summed E-state index contributed by atoms with van der Waals surface area (Å²) < 4.78 is 5.57. The molecule has 1 unspecified atom stereocenters. The highest BCUT2D eigenvalue weighted by Crippen LogP contribution is 2.23. The van der Waals surface area contributed by atoms with Crippen molar-refractivity contribution in [3.05, 3.63) is 65.2 Å². The van der Waals surface area contributed by atoms with Crippen LogP contribution in [0.2, 0.25) is 5.02 Å². The fourth-order valence-electron chi connectivity index (χ4n) is 2.21. The number of nitrogens with one attached hydrogen (secondary N) is 1. The number of nitrogens with zero attached hydrogens (tertiary/aromatic N) is 2. The number of benzene rings is 2. The van der Waals surface area contributed by atoms with Crippen molar-refractivity contribution in [2.75, 3.05) is 5.75 Å². The summed E-state index contributed by atoms with van der Waals surface area (Å²) in [5, 5.41) is 11.9. The van der Waals surface area contributed by atoms with Gasteiger partial charge in [-0.3, -0.25) is 4.79 Å². The Kier molecular flexibility index (Phi) is 5.73. The van der Waals surface area contributed by atoms with Crippen molar-refractivity contribution in [2.24, 2.45) is 0 Å². The second-order valence-corrected chi connectivity index (χ2v) is 6.73. The highest BCUT2D eigenvalue weighted by molar-refractivity contribution is 7.99. The summed E-state index contributed by atoms with van der Waals surface area (Å²) in [5.74, 6) is 0.541. The molecule has 3 aromatic rings. The van der Waals surface area contributed by atoms with Gasteiger partial charge in [0.05, 0.1) is 11.8 Å². The maximum atomic E-state index is 12.1. The topological polar surface area (TPSA) is 68.0 Å². The molecule has 25 heavy (non-hydrogen) atoms. The quantitative estimate of drug-likeness (QED) is 0.650. The van der Waals surface area contributed by atoms with E-state index >= 15 is 0 Å². The van der Waals surface area contributed by atoms with Gasteiger partial charge in [0.1, 0.15) is 0 Å². The number of carbonyl (C=O) groups excluding carboxylic acids is 1. The van der Waals surface area contributed by atoms with Crippen LogP contribution in [0.25, 0.3) is 11.5 Å². The summed E-state index contributed by atoms with van der Waals surface area (Å²) in [6, 6.07) is 16.8. The van der Waals surface area contributed by atoms with Crippen LogP contribution in [0.1, 0.15) is 18.5 Å². The second kappa shape index (κ2) is 8.18. The Labute approximate surface area is 154 Å². The third-order valence-electron chi connectivity index (χ3n) is 3.50. The van der Waals surface area contributed by atoms with Gasteiger partial charge in [-0.15, -0.1) is 10.2 Å². The fourth-order valence-corrected chi connectivity index (χ4v) is 2.91. The summed E-state index contributed by atoms with van der Waals surface area (Å²) >= 11 is 7.08. The zero-order valence-corrected chi connectivity index (χ0v) is 15.1. The molecule has 1 atom stereocenters. The number of rotatable bonds is 6. The lowest BCUT2D eigenvalue weighted by atomic mass is 10.1. The molecule has 0 fully saturated rings. The van der Waals surface area contributed by atoms with Gasteiger partial charge in [-0.25, -0.2) is 0 Å². The normalized spacial score (nSPS) is 11.9. The van der Waals surface area contributed by atoms with E-state index in [0.29, 0.717) is 16.1 Å². The van der Waals surface area contributed by atoms with E-state index in [1.807, 2.05) is 49.4 Å². The van der Waals surface area contributed by atoms with Crippen molar-refractivity contribution in [1.29, 1.82) is 0 Å². The first-order valence-corrected chi connectivity index (χ1v) is 9.05. The molecule has 0 radical (unpaired) electrons. The van der Waals surface area contributed by atoms with Crippen molar-refractivity contribution < 1.29 is 9.21 Å². The standard InChI is InChI=1S/C18H16ClN3O2S/c1-12(13-7-9-15(19)10-8-13)20-16(23)11-25-18-22-21-17(24-18)14-5-3-2-4-6-14/h2-10,12H,11H2,1H3,(H,20,23). The molecule has 3 rings (SSSR count). The van der Waals surface area contributed by atoms with E-state index in [4.69, 9.17) is 16.0 Å². The number of thioether (sulfide) groups is 1. The Morgan fingerprint density at radius 2 is 1.88 bits per heavy atom. The minimum Gasteiger partial charge on any atom is -0.411 e.